The monoisotopic (exact) mass is 278 g/mol. The van der Waals surface area contributed by atoms with E-state index in [0.717, 1.165) is 18.0 Å². The van der Waals surface area contributed by atoms with Gasteiger partial charge in [0.2, 0.25) is 0 Å². The molecule has 1 aromatic rings. The fourth-order valence-corrected chi connectivity index (χ4v) is 3.11. The van der Waals surface area contributed by atoms with E-state index >= 15 is 0 Å². The first-order chi connectivity index (χ1) is 9.84. The maximum atomic E-state index is 5.28. The molecule has 1 aliphatic carbocycles. The molecule has 0 radical (unpaired) electrons. The highest BCUT2D eigenvalue weighted by Gasteiger charge is 2.10. The van der Waals surface area contributed by atoms with Crippen molar-refractivity contribution in [2.45, 2.75) is 90.1 Å². The summed E-state index contributed by atoms with van der Waals surface area (Å²) in [5, 5.41) is 7.62. The lowest BCUT2D eigenvalue weighted by molar-refractivity contribution is 0.343. The predicted octanol–water partition coefficient (Wildman–Crippen LogP) is 4.75. The summed E-state index contributed by atoms with van der Waals surface area (Å²) >= 11 is 0. The predicted molar refractivity (Wildman–Crippen MR) is 82.7 cm³/mol. The third kappa shape index (κ3) is 6.08. The van der Waals surface area contributed by atoms with Gasteiger partial charge in [-0.1, -0.05) is 62.9 Å². The van der Waals surface area contributed by atoms with Gasteiger partial charge in [-0.2, -0.15) is 0 Å². The SMILES string of the molecule is Cc1cc(CNC2CCCCCCCCCCC2)on1. The molecule has 0 spiro atoms. The number of aromatic nitrogens is 1. The van der Waals surface area contributed by atoms with Crippen molar-refractivity contribution in [3.63, 3.8) is 0 Å². The van der Waals surface area contributed by atoms with Gasteiger partial charge in [0.1, 0.15) is 0 Å². The van der Waals surface area contributed by atoms with E-state index in [2.05, 4.69) is 10.5 Å². The molecule has 1 N–H and O–H groups in total. The summed E-state index contributed by atoms with van der Waals surface area (Å²) in [5.74, 6) is 0.966. The molecule has 3 nitrogen and oxygen atoms in total. The van der Waals surface area contributed by atoms with Crippen molar-refractivity contribution in [2.75, 3.05) is 0 Å². The molecular formula is C17H30N2O. The van der Waals surface area contributed by atoms with Crippen LogP contribution in [0.3, 0.4) is 0 Å². The van der Waals surface area contributed by atoms with Crippen molar-refractivity contribution in [2.24, 2.45) is 0 Å². The van der Waals surface area contributed by atoms with Crippen LogP contribution < -0.4 is 5.32 Å². The summed E-state index contributed by atoms with van der Waals surface area (Å²) in [6.45, 7) is 2.80. The van der Waals surface area contributed by atoms with Crippen LogP contribution in [0.2, 0.25) is 0 Å². The molecular weight excluding hydrogens is 248 g/mol. The van der Waals surface area contributed by atoms with Gasteiger partial charge in [-0.3, -0.25) is 0 Å². The average molecular weight is 278 g/mol. The van der Waals surface area contributed by atoms with Gasteiger partial charge in [0.25, 0.3) is 0 Å². The maximum absolute atomic E-state index is 5.28. The van der Waals surface area contributed by atoms with Crippen LogP contribution in [-0.2, 0) is 6.54 Å². The Bertz CT molecular complexity index is 350. The number of rotatable bonds is 3. The van der Waals surface area contributed by atoms with Crippen molar-refractivity contribution < 1.29 is 4.52 Å². The summed E-state index contributed by atoms with van der Waals surface area (Å²) in [5.41, 5.74) is 0.973. The molecule has 1 saturated carbocycles. The quantitative estimate of drug-likeness (QED) is 0.867. The fourth-order valence-electron chi connectivity index (χ4n) is 3.11. The lowest BCUT2D eigenvalue weighted by Gasteiger charge is -2.18. The summed E-state index contributed by atoms with van der Waals surface area (Å²) in [6.07, 6.45) is 15.3. The first-order valence-electron chi connectivity index (χ1n) is 8.50. The zero-order valence-electron chi connectivity index (χ0n) is 13.0. The smallest absolute Gasteiger partial charge is 0.150 e. The molecule has 0 aromatic carbocycles. The summed E-state index contributed by atoms with van der Waals surface area (Å²) in [6, 6.07) is 2.68. The number of nitrogens with zero attached hydrogens (tertiary/aromatic N) is 1. The van der Waals surface area contributed by atoms with Gasteiger partial charge in [0, 0.05) is 12.1 Å². The average Bonchev–Trinajstić information content (AvgIpc) is 2.84. The molecule has 3 heteroatoms. The summed E-state index contributed by atoms with van der Waals surface area (Å²) in [4.78, 5) is 0. The molecule has 20 heavy (non-hydrogen) atoms. The van der Waals surface area contributed by atoms with Crippen LogP contribution in [0, 0.1) is 6.92 Å². The first kappa shape index (κ1) is 15.6. The molecule has 0 atom stereocenters. The minimum Gasteiger partial charge on any atom is -0.360 e. The second kappa shape index (κ2) is 9.17. The molecule has 0 aliphatic heterocycles. The van der Waals surface area contributed by atoms with E-state index in [4.69, 9.17) is 4.52 Å². The Hall–Kier alpha value is -0.830. The van der Waals surface area contributed by atoms with Gasteiger partial charge < -0.3 is 9.84 Å². The van der Waals surface area contributed by atoms with E-state index in [0.29, 0.717) is 6.04 Å². The molecule has 0 bridgehead atoms. The van der Waals surface area contributed by atoms with E-state index in [9.17, 15) is 0 Å². The van der Waals surface area contributed by atoms with Crippen LogP contribution in [0.4, 0.5) is 0 Å². The fraction of sp³-hybridized carbons (Fsp3) is 0.824. The van der Waals surface area contributed by atoms with Gasteiger partial charge in [-0.05, 0) is 19.8 Å². The number of hydrogen-bond acceptors (Lipinski definition) is 3. The molecule has 1 heterocycles. The van der Waals surface area contributed by atoms with Gasteiger partial charge in [0.05, 0.1) is 12.2 Å². The Kier molecular flexibility index (Phi) is 7.13. The van der Waals surface area contributed by atoms with Crippen LogP contribution in [0.25, 0.3) is 0 Å². The van der Waals surface area contributed by atoms with E-state index in [1.165, 1.54) is 70.6 Å². The molecule has 0 unspecified atom stereocenters. The van der Waals surface area contributed by atoms with Crippen LogP contribution in [0.5, 0.6) is 0 Å². The van der Waals surface area contributed by atoms with Crippen molar-refractivity contribution in [1.29, 1.82) is 0 Å². The van der Waals surface area contributed by atoms with E-state index < -0.39 is 0 Å². The van der Waals surface area contributed by atoms with E-state index in [1.54, 1.807) is 0 Å². The van der Waals surface area contributed by atoms with Crippen molar-refractivity contribution in [3.8, 4) is 0 Å². The number of nitrogens with one attached hydrogen (secondary N) is 1. The Morgan fingerprint density at radius 1 is 1.00 bits per heavy atom. The summed E-state index contributed by atoms with van der Waals surface area (Å²) in [7, 11) is 0. The van der Waals surface area contributed by atoms with Gasteiger partial charge in [0.15, 0.2) is 5.76 Å². The molecule has 114 valence electrons. The summed E-state index contributed by atoms with van der Waals surface area (Å²) < 4.78 is 5.28. The number of aryl methyl sites for hydroxylation is 1. The Morgan fingerprint density at radius 3 is 2.05 bits per heavy atom. The Balaban J connectivity index is 1.73. The maximum Gasteiger partial charge on any atom is 0.150 e. The first-order valence-corrected chi connectivity index (χ1v) is 8.50. The highest BCUT2D eigenvalue weighted by molar-refractivity contribution is 5.02. The molecule has 1 aromatic heterocycles. The van der Waals surface area contributed by atoms with Crippen molar-refractivity contribution in [1.82, 2.24) is 10.5 Å². The third-order valence-electron chi connectivity index (χ3n) is 4.35. The van der Waals surface area contributed by atoms with Crippen LogP contribution in [0.15, 0.2) is 10.6 Å². The molecule has 1 aliphatic rings. The van der Waals surface area contributed by atoms with E-state index in [1.807, 2.05) is 13.0 Å². The number of hydrogen-bond donors (Lipinski definition) is 1. The molecule has 2 rings (SSSR count). The highest BCUT2D eigenvalue weighted by atomic mass is 16.5. The zero-order valence-corrected chi connectivity index (χ0v) is 13.0. The topological polar surface area (TPSA) is 38.1 Å². The third-order valence-corrected chi connectivity index (χ3v) is 4.35. The highest BCUT2D eigenvalue weighted by Crippen LogP contribution is 2.17. The molecule has 0 saturated heterocycles. The van der Waals surface area contributed by atoms with Crippen molar-refractivity contribution in [3.05, 3.63) is 17.5 Å². The largest absolute Gasteiger partial charge is 0.360 e. The molecule has 0 amide bonds. The Morgan fingerprint density at radius 2 is 1.55 bits per heavy atom. The lowest BCUT2D eigenvalue weighted by atomic mass is 9.98. The van der Waals surface area contributed by atoms with Crippen molar-refractivity contribution >= 4 is 0 Å². The molecule has 1 fully saturated rings. The van der Waals surface area contributed by atoms with E-state index in [-0.39, 0.29) is 0 Å². The zero-order chi connectivity index (χ0) is 14.0. The minimum atomic E-state index is 0.653. The second-order valence-corrected chi connectivity index (χ2v) is 6.27. The van der Waals surface area contributed by atoms with Crippen LogP contribution in [0.1, 0.15) is 82.1 Å². The van der Waals surface area contributed by atoms with Gasteiger partial charge >= 0.3 is 0 Å². The normalized spacial score (nSPS) is 20.2. The Labute approximate surface area is 123 Å². The van der Waals surface area contributed by atoms with Crippen LogP contribution in [-0.4, -0.2) is 11.2 Å². The van der Waals surface area contributed by atoms with Crippen LogP contribution >= 0.6 is 0 Å². The lowest BCUT2D eigenvalue weighted by Crippen LogP contribution is -2.28. The second-order valence-electron chi connectivity index (χ2n) is 6.27. The van der Waals surface area contributed by atoms with Gasteiger partial charge in [-0.25, -0.2) is 0 Å². The minimum absolute atomic E-state index is 0.653. The standard InChI is InChI=1S/C17H30N2O/c1-15-13-17(20-19-15)14-18-16-11-9-7-5-3-2-4-6-8-10-12-16/h13,16,18H,2-12,14H2,1H3. The van der Waals surface area contributed by atoms with Gasteiger partial charge in [-0.15, -0.1) is 0 Å².